The Morgan fingerprint density at radius 1 is 0.854 bits per heavy atom. The monoisotopic (exact) mass is 665 g/mol. The summed E-state index contributed by atoms with van der Waals surface area (Å²) in [7, 11) is 13.5. The van der Waals surface area contributed by atoms with Crippen molar-refractivity contribution >= 4 is 60.4 Å². The van der Waals surface area contributed by atoms with Gasteiger partial charge >= 0.3 is 41.5 Å². The molecule has 0 bridgehead atoms. The Morgan fingerprint density at radius 3 is 1.90 bits per heavy atom. The molecule has 0 aliphatic carbocycles. The van der Waals surface area contributed by atoms with Crippen LogP contribution < -0.4 is 15.7 Å². The molecule has 216 valence electrons. The summed E-state index contributed by atoms with van der Waals surface area (Å²) in [5.41, 5.74) is 4.68. The Bertz CT molecular complexity index is 1260. The summed E-state index contributed by atoms with van der Waals surface area (Å²) in [6.07, 6.45) is 4.50. The molecule has 8 heteroatoms. The summed E-state index contributed by atoms with van der Waals surface area (Å²) < 4.78 is 4.82. The van der Waals surface area contributed by atoms with E-state index < -0.39 is 19.5 Å². The molecular formula is C33H37Cl3CrN2OP+. The van der Waals surface area contributed by atoms with E-state index in [0.717, 1.165) is 43.0 Å². The number of nitrogens with one attached hydrogen (secondary N) is 1. The van der Waals surface area contributed by atoms with E-state index in [1.165, 1.54) is 28.2 Å². The van der Waals surface area contributed by atoms with Gasteiger partial charge in [0, 0.05) is 12.2 Å². The topological polar surface area (TPSA) is 33.6 Å². The van der Waals surface area contributed by atoms with Crippen LogP contribution in [0, 0.1) is 13.5 Å². The number of rotatable bonds is 7. The first-order valence-corrected chi connectivity index (χ1v) is 20.4. The van der Waals surface area contributed by atoms with Crippen molar-refractivity contribution in [2.45, 2.75) is 39.5 Å². The van der Waals surface area contributed by atoms with Crippen LogP contribution in [0.5, 0.6) is 0 Å². The second-order valence-electron chi connectivity index (χ2n) is 9.29. The fourth-order valence-electron chi connectivity index (χ4n) is 4.15. The molecule has 5 rings (SSSR count). The van der Waals surface area contributed by atoms with Gasteiger partial charge in [0.15, 0.2) is 13.9 Å². The maximum absolute atomic E-state index is 5.20. The van der Waals surface area contributed by atoms with Gasteiger partial charge < -0.3 is 4.74 Å². The molecule has 0 amide bonds. The van der Waals surface area contributed by atoms with E-state index in [2.05, 4.69) is 128 Å². The minimum absolute atomic E-state index is 0.926. The molecule has 1 N–H and O–H groups in total. The molecule has 0 atom stereocenters. The first-order valence-electron chi connectivity index (χ1n) is 13.6. The molecular weight excluding hydrogens is 630 g/mol. The average Bonchev–Trinajstić information content (AvgIpc) is 3.58. The number of hydrogen-bond acceptors (Lipinski definition) is 2. The molecule has 3 nitrogen and oxygen atoms in total. The molecule has 1 fully saturated rings. The van der Waals surface area contributed by atoms with Crippen molar-refractivity contribution in [1.82, 2.24) is 5.09 Å². The zero-order valence-electron chi connectivity index (χ0n) is 23.4. The first kappa shape index (κ1) is 33.6. The van der Waals surface area contributed by atoms with E-state index in [4.69, 9.17) is 39.9 Å². The number of halogens is 3. The molecule has 0 saturated carbocycles. The maximum atomic E-state index is 5.20. The van der Waals surface area contributed by atoms with Crippen molar-refractivity contribution < 1.29 is 16.1 Å². The van der Waals surface area contributed by atoms with Gasteiger partial charge in [0.05, 0.1) is 5.69 Å². The number of nitrogens with zero attached hydrogens (tertiary/aromatic N) is 1. The number of para-hydroxylation sites is 1. The quantitative estimate of drug-likeness (QED) is 0.0923. The summed E-state index contributed by atoms with van der Waals surface area (Å²) >= 11 is -1.62. The molecule has 4 aromatic carbocycles. The molecule has 0 radical (unpaired) electrons. The molecule has 0 spiro atoms. The summed E-state index contributed by atoms with van der Waals surface area (Å²) in [5, 5.41) is 6.51. The van der Waals surface area contributed by atoms with E-state index in [-0.39, 0.29) is 0 Å². The molecule has 41 heavy (non-hydrogen) atoms. The summed E-state index contributed by atoms with van der Waals surface area (Å²) in [5.74, 6) is 0.926. The third kappa shape index (κ3) is 12.5. The van der Waals surface area contributed by atoms with Crippen LogP contribution in [0.25, 0.3) is 0 Å². The van der Waals surface area contributed by atoms with Crippen LogP contribution in [-0.2, 0) is 22.5 Å². The van der Waals surface area contributed by atoms with Crippen LogP contribution in [0.1, 0.15) is 42.9 Å². The second-order valence-corrected chi connectivity index (χ2v) is 17.8. The van der Waals surface area contributed by atoms with Crippen molar-refractivity contribution in [3.05, 3.63) is 132 Å². The zero-order valence-corrected chi connectivity index (χ0v) is 27.9. The number of benzene rings is 4. The molecule has 4 aromatic rings. The Kier molecular flexibility index (Phi) is 15.9. The van der Waals surface area contributed by atoms with E-state index in [1.807, 2.05) is 6.61 Å². The predicted molar refractivity (Wildman–Crippen MR) is 178 cm³/mol. The van der Waals surface area contributed by atoms with Crippen molar-refractivity contribution in [3.8, 4) is 0 Å². The zero-order chi connectivity index (χ0) is 29.3. The van der Waals surface area contributed by atoms with Gasteiger partial charge in [0.2, 0.25) is 0 Å². The summed E-state index contributed by atoms with van der Waals surface area (Å²) in [6, 6.07) is 38.6. The number of aryl methyl sites for hydroxylation is 2. The minimum atomic E-state index is -1.62. The van der Waals surface area contributed by atoms with E-state index in [0.29, 0.717) is 0 Å². The van der Waals surface area contributed by atoms with Crippen LogP contribution in [0.15, 0.2) is 114 Å². The van der Waals surface area contributed by atoms with Gasteiger partial charge in [-0.3, -0.25) is 0 Å². The molecule has 0 unspecified atom stereocenters. The summed E-state index contributed by atoms with van der Waals surface area (Å²) in [4.78, 5) is 5.20. The van der Waals surface area contributed by atoms with E-state index in [1.54, 1.807) is 0 Å². The van der Waals surface area contributed by atoms with Crippen molar-refractivity contribution in [3.63, 3.8) is 0 Å². The second kappa shape index (κ2) is 19.4. The number of aliphatic imine (C=N–C) groups is 1. The van der Waals surface area contributed by atoms with Gasteiger partial charge in [0.1, 0.15) is 10.6 Å². The van der Waals surface area contributed by atoms with Crippen LogP contribution >= 0.6 is 38.2 Å². The Morgan fingerprint density at radius 2 is 1.41 bits per heavy atom. The normalized spacial score (nSPS) is 12.8. The fraction of sp³-hybridized carbons (Fsp3) is 0.212. The SMILES string of the molecule is CCCc1ccccc1N=C(N[PH+](c1ccccc1)c1ccccc1)c1ccc(C)cc1.[CH-]1CCCO1.[Cl][Cr+]([Cl])[Cl]. The van der Waals surface area contributed by atoms with E-state index in [9.17, 15) is 0 Å². The Balaban J connectivity index is 0.000000442. The molecule has 1 aliphatic rings. The third-order valence-corrected chi connectivity index (χ3v) is 8.45. The fourth-order valence-corrected chi connectivity index (χ4v) is 6.26. The van der Waals surface area contributed by atoms with Gasteiger partial charge in [-0.05, 0) is 49.2 Å². The molecule has 1 heterocycles. The molecule has 1 aliphatic heterocycles. The predicted octanol–water partition coefficient (Wildman–Crippen LogP) is 9.42. The van der Waals surface area contributed by atoms with Crippen LogP contribution in [0.2, 0.25) is 0 Å². The molecule has 1 saturated heterocycles. The third-order valence-electron chi connectivity index (χ3n) is 6.14. The van der Waals surface area contributed by atoms with Gasteiger partial charge in [0.25, 0.3) is 0 Å². The number of hydrogen-bond donors (Lipinski definition) is 1. The average molecular weight is 667 g/mol. The van der Waals surface area contributed by atoms with Gasteiger partial charge in [-0.25, -0.2) is 16.7 Å². The Hall–Kier alpha value is -1.86. The van der Waals surface area contributed by atoms with Crippen molar-refractivity contribution in [1.29, 1.82) is 0 Å². The standard InChI is InChI=1S/C29H29N2P.C4H7O.3ClH.Cr/c1-3-12-24-13-10-11-18-28(24)30-29(25-21-19-23(2)20-22-25)31-32(26-14-6-4-7-15-26)27-16-8-5-9-17-27;1-2-4-5-3-1;;;;/h4-11,13-22H,3,12H2,1-2H3,(H,30,31);3H,1-2,4H2;3*1H;/q;-1;;;;+4/p-2. The first-order chi connectivity index (χ1) is 20.0. The molecule has 0 aromatic heterocycles. The van der Waals surface area contributed by atoms with Gasteiger partial charge in [-0.2, -0.15) is 6.42 Å². The van der Waals surface area contributed by atoms with Crippen molar-refractivity contribution in [2.24, 2.45) is 4.99 Å². The summed E-state index contributed by atoms with van der Waals surface area (Å²) in [6.45, 7) is 7.14. The van der Waals surface area contributed by atoms with E-state index >= 15 is 0 Å². The Labute approximate surface area is 263 Å². The van der Waals surface area contributed by atoms with Gasteiger partial charge in [-0.15, -0.1) is 0 Å². The van der Waals surface area contributed by atoms with Crippen molar-refractivity contribution in [2.75, 3.05) is 6.61 Å². The van der Waals surface area contributed by atoms with Crippen LogP contribution in [0.4, 0.5) is 5.69 Å². The van der Waals surface area contributed by atoms with Crippen LogP contribution in [-0.4, -0.2) is 12.4 Å². The number of amidine groups is 1. The van der Waals surface area contributed by atoms with Crippen LogP contribution in [0.3, 0.4) is 0 Å². The number of ether oxygens (including phenoxy) is 1. The van der Waals surface area contributed by atoms with Gasteiger partial charge in [-0.1, -0.05) is 104 Å².